The summed E-state index contributed by atoms with van der Waals surface area (Å²) in [6.45, 7) is 1.66. The fourth-order valence-corrected chi connectivity index (χ4v) is 4.95. The van der Waals surface area contributed by atoms with Gasteiger partial charge in [0.15, 0.2) is 0 Å². The molecule has 3 nitrogen and oxygen atoms in total. The number of aryl methyl sites for hydroxylation is 1. The second kappa shape index (κ2) is 4.62. The minimum Gasteiger partial charge on any atom is -0.480 e. The van der Waals surface area contributed by atoms with E-state index in [4.69, 9.17) is 0 Å². The van der Waals surface area contributed by atoms with Crippen LogP contribution in [0.15, 0.2) is 18.2 Å². The Morgan fingerprint density at radius 3 is 2.91 bits per heavy atom. The maximum Gasteiger partial charge on any atom is 0.319 e. The second-order valence-electron chi connectivity index (χ2n) is 6.23. The van der Waals surface area contributed by atoms with Gasteiger partial charge >= 0.3 is 5.97 Å². The lowest BCUT2D eigenvalue weighted by atomic mass is 9.77. The zero-order valence-corrected chi connectivity index (χ0v) is 13.0. The first-order chi connectivity index (χ1) is 10.5. The molecule has 1 fully saturated rings. The average molecular weight is 317 g/mol. The first-order valence-corrected chi connectivity index (χ1v) is 8.34. The highest BCUT2D eigenvalue weighted by Crippen LogP contribution is 2.52. The molecule has 0 aliphatic heterocycles. The highest BCUT2D eigenvalue weighted by Gasteiger charge is 2.51. The van der Waals surface area contributed by atoms with Gasteiger partial charge in [0.25, 0.3) is 0 Å². The van der Waals surface area contributed by atoms with Crippen molar-refractivity contribution in [1.82, 2.24) is 4.98 Å². The van der Waals surface area contributed by atoms with E-state index in [0.29, 0.717) is 29.9 Å². The zero-order chi connectivity index (χ0) is 15.5. The molecule has 2 aromatic rings. The van der Waals surface area contributed by atoms with Gasteiger partial charge in [0.1, 0.15) is 11.2 Å². The van der Waals surface area contributed by atoms with Gasteiger partial charge in [0.05, 0.1) is 10.7 Å². The molecule has 1 N–H and O–H groups in total. The van der Waals surface area contributed by atoms with Crippen LogP contribution in [-0.4, -0.2) is 16.1 Å². The van der Waals surface area contributed by atoms with E-state index in [2.05, 4.69) is 4.98 Å². The summed E-state index contributed by atoms with van der Waals surface area (Å²) < 4.78 is 14.0. The van der Waals surface area contributed by atoms with Gasteiger partial charge in [-0.05, 0) is 49.8 Å². The number of thiazole rings is 1. The maximum absolute atomic E-state index is 14.0. The Morgan fingerprint density at radius 2 is 2.23 bits per heavy atom. The summed E-state index contributed by atoms with van der Waals surface area (Å²) in [5, 5.41) is 11.1. The van der Waals surface area contributed by atoms with Crippen molar-refractivity contribution in [2.75, 3.05) is 0 Å². The Balaban J connectivity index is 1.93. The first kappa shape index (κ1) is 13.9. The van der Waals surface area contributed by atoms with Crippen LogP contribution in [0.4, 0.5) is 4.39 Å². The molecule has 2 aliphatic rings. The van der Waals surface area contributed by atoms with Gasteiger partial charge in [-0.15, -0.1) is 11.3 Å². The summed E-state index contributed by atoms with van der Waals surface area (Å²) in [5.74, 6) is -0.736. The van der Waals surface area contributed by atoms with Crippen molar-refractivity contribution in [3.63, 3.8) is 0 Å². The zero-order valence-electron chi connectivity index (χ0n) is 12.2. The van der Waals surface area contributed by atoms with E-state index in [0.717, 1.165) is 28.4 Å². The molecule has 1 atom stereocenters. The number of nitrogens with zero attached hydrogens (tertiary/aromatic N) is 1. The molecule has 0 radical (unpaired) electrons. The summed E-state index contributed by atoms with van der Waals surface area (Å²) in [5.41, 5.74) is 0.772. The smallest absolute Gasteiger partial charge is 0.319 e. The third-order valence-electron chi connectivity index (χ3n) is 4.86. The monoisotopic (exact) mass is 317 g/mol. The number of aromatic nitrogens is 1. The topological polar surface area (TPSA) is 50.2 Å². The van der Waals surface area contributed by atoms with Gasteiger partial charge in [-0.3, -0.25) is 4.79 Å². The second-order valence-corrected chi connectivity index (χ2v) is 7.26. The van der Waals surface area contributed by atoms with Gasteiger partial charge in [-0.1, -0.05) is 12.1 Å². The molecule has 22 heavy (non-hydrogen) atoms. The lowest BCUT2D eigenvalue weighted by Gasteiger charge is -2.26. The highest BCUT2D eigenvalue weighted by molar-refractivity contribution is 7.12. The number of carboxylic acid groups (broad SMARTS) is 1. The number of carboxylic acids is 1. The molecule has 1 saturated carbocycles. The van der Waals surface area contributed by atoms with Crippen LogP contribution in [0.1, 0.15) is 51.9 Å². The molecule has 2 aliphatic carbocycles. The van der Waals surface area contributed by atoms with Crippen molar-refractivity contribution < 1.29 is 14.3 Å². The minimum absolute atomic E-state index is 0.349. The molecule has 5 heteroatoms. The minimum atomic E-state index is -1.13. The van der Waals surface area contributed by atoms with Crippen LogP contribution in [0.2, 0.25) is 0 Å². The summed E-state index contributed by atoms with van der Waals surface area (Å²) >= 11 is 1.52. The van der Waals surface area contributed by atoms with Crippen LogP contribution in [0.3, 0.4) is 0 Å². The lowest BCUT2D eigenvalue weighted by molar-refractivity contribution is -0.142. The highest BCUT2D eigenvalue weighted by atomic mass is 32.1. The number of fused-ring (bicyclic) bond motifs is 1. The lowest BCUT2D eigenvalue weighted by Crippen LogP contribution is -2.35. The van der Waals surface area contributed by atoms with Crippen molar-refractivity contribution in [3.05, 3.63) is 50.7 Å². The number of halogens is 1. The molecular formula is C17H16FNO2S. The van der Waals surface area contributed by atoms with Crippen LogP contribution < -0.4 is 0 Å². The van der Waals surface area contributed by atoms with E-state index in [9.17, 15) is 14.3 Å². The SMILES string of the molecule is Cc1c(F)cccc1C1(C(=O)O)CCc2nc(C3CC3)sc21. The van der Waals surface area contributed by atoms with Crippen LogP contribution in [0.5, 0.6) is 0 Å². The van der Waals surface area contributed by atoms with Crippen LogP contribution >= 0.6 is 11.3 Å². The summed E-state index contributed by atoms with van der Waals surface area (Å²) in [6, 6.07) is 4.73. The molecule has 1 aromatic carbocycles. The van der Waals surface area contributed by atoms with E-state index in [1.165, 1.54) is 17.4 Å². The Kier molecular flexibility index (Phi) is 2.92. The van der Waals surface area contributed by atoms with E-state index < -0.39 is 11.4 Å². The average Bonchev–Trinajstić information content (AvgIpc) is 3.14. The van der Waals surface area contributed by atoms with Crippen molar-refractivity contribution in [3.8, 4) is 0 Å². The Hall–Kier alpha value is -1.75. The Morgan fingerprint density at radius 1 is 1.45 bits per heavy atom. The predicted molar refractivity (Wildman–Crippen MR) is 82.0 cm³/mol. The number of rotatable bonds is 3. The molecular weight excluding hydrogens is 301 g/mol. The van der Waals surface area contributed by atoms with E-state index in [-0.39, 0.29) is 5.82 Å². The molecule has 0 bridgehead atoms. The molecule has 4 rings (SSSR count). The largest absolute Gasteiger partial charge is 0.480 e. The fourth-order valence-electron chi connectivity index (χ4n) is 3.44. The number of benzene rings is 1. The molecule has 1 unspecified atom stereocenters. The van der Waals surface area contributed by atoms with Crippen molar-refractivity contribution in [2.45, 2.75) is 43.9 Å². The van der Waals surface area contributed by atoms with Gasteiger partial charge in [0.2, 0.25) is 0 Å². The first-order valence-electron chi connectivity index (χ1n) is 7.53. The fraction of sp³-hybridized carbons (Fsp3) is 0.412. The molecule has 114 valence electrons. The van der Waals surface area contributed by atoms with Gasteiger partial charge in [-0.2, -0.15) is 0 Å². The van der Waals surface area contributed by atoms with Gasteiger partial charge in [-0.25, -0.2) is 9.37 Å². The third kappa shape index (κ3) is 1.78. The van der Waals surface area contributed by atoms with Crippen molar-refractivity contribution in [1.29, 1.82) is 0 Å². The van der Waals surface area contributed by atoms with Gasteiger partial charge in [0, 0.05) is 10.8 Å². The van der Waals surface area contributed by atoms with Crippen LogP contribution in [0.25, 0.3) is 0 Å². The van der Waals surface area contributed by atoms with E-state index >= 15 is 0 Å². The summed E-state index contributed by atoms with van der Waals surface area (Å²) in [6.07, 6.45) is 3.41. The molecule has 0 spiro atoms. The van der Waals surface area contributed by atoms with Gasteiger partial charge < -0.3 is 5.11 Å². The van der Waals surface area contributed by atoms with Crippen LogP contribution in [-0.2, 0) is 16.6 Å². The number of hydrogen-bond acceptors (Lipinski definition) is 3. The summed E-state index contributed by atoms with van der Waals surface area (Å²) in [4.78, 5) is 17.7. The summed E-state index contributed by atoms with van der Waals surface area (Å²) in [7, 11) is 0. The number of hydrogen-bond donors (Lipinski definition) is 1. The predicted octanol–water partition coefficient (Wildman–Crippen LogP) is 3.78. The number of carbonyl (C=O) groups is 1. The number of aliphatic carboxylic acids is 1. The van der Waals surface area contributed by atoms with Crippen molar-refractivity contribution >= 4 is 17.3 Å². The quantitative estimate of drug-likeness (QED) is 0.937. The standard InChI is InChI=1S/C17H16FNO2S/c1-9-11(3-2-4-12(9)18)17(16(20)21)8-7-13-14(17)22-15(19-13)10-5-6-10/h2-4,10H,5-8H2,1H3,(H,20,21). The van der Waals surface area contributed by atoms with E-state index in [1.54, 1.807) is 19.1 Å². The molecule has 1 heterocycles. The molecule has 0 saturated heterocycles. The Bertz CT molecular complexity index is 781. The Labute approximate surface area is 131 Å². The molecule has 0 amide bonds. The van der Waals surface area contributed by atoms with E-state index in [1.807, 2.05) is 0 Å². The third-order valence-corrected chi connectivity index (χ3v) is 6.28. The van der Waals surface area contributed by atoms with Crippen molar-refractivity contribution in [2.24, 2.45) is 0 Å². The normalized spacial score (nSPS) is 23.5. The van der Waals surface area contributed by atoms with Crippen LogP contribution in [0, 0.1) is 12.7 Å². The maximum atomic E-state index is 14.0. The molecule has 1 aromatic heterocycles.